The molecule has 0 aliphatic rings. The van der Waals surface area contributed by atoms with Crippen molar-refractivity contribution >= 4 is 49.8 Å². The van der Waals surface area contributed by atoms with E-state index in [4.69, 9.17) is 0 Å². The lowest BCUT2D eigenvalue weighted by molar-refractivity contribution is 0.0846. The number of nitrogens with zero attached hydrogens (tertiary/aromatic N) is 1. The van der Waals surface area contributed by atoms with E-state index in [1.807, 2.05) is 25.1 Å². The zero-order chi connectivity index (χ0) is 23.6. The van der Waals surface area contributed by atoms with Gasteiger partial charge in [0.1, 0.15) is 4.21 Å². The number of rotatable bonds is 5. The molecule has 0 unspecified atom stereocenters. The van der Waals surface area contributed by atoms with Gasteiger partial charge in [-0.25, -0.2) is 8.42 Å². The molecule has 3 N–H and O–H groups in total. The fourth-order valence-corrected chi connectivity index (χ4v) is 5.31. The standard InChI is InChI=1S/C23H20N4O4S2/c1-14-9-10-16-13-18(15(2)24-20(16)12-14)23(29)26-25-22(28)17-6-3-4-7-19(17)27-33(30,31)21-8-5-11-32-21/h3-13,27H,1-2H3,(H,25,28)(H,26,29). The maximum atomic E-state index is 12.7. The summed E-state index contributed by atoms with van der Waals surface area (Å²) in [6, 6.07) is 16.7. The van der Waals surface area contributed by atoms with Gasteiger partial charge < -0.3 is 0 Å². The van der Waals surface area contributed by atoms with Crippen LogP contribution in [0.1, 0.15) is 32.0 Å². The highest BCUT2D eigenvalue weighted by Crippen LogP contribution is 2.23. The number of carbonyl (C=O) groups excluding carboxylic acids is 2. The molecule has 2 amide bonds. The molecule has 2 aromatic carbocycles. The predicted octanol–water partition coefficient (Wildman–Crippen LogP) is 3.79. The average molecular weight is 481 g/mol. The first kappa shape index (κ1) is 22.4. The van der Waals surface area contributed by atoms with E-state index in [0.717, 1.165) is 27.8 Å². The number of para-hydroxylation sites is 1. The first-order valence-corrected chi connectivity index (χ1v) is 12.2. The highest BCUT2D eigenvalue weighted by Gasteiger charge is 2.20. The SMILES string of the molecule is Cc1ccc2cc(C(=O)NNC(=O)c3ccccc3NS(=O)(=O)c3cccs3)c(C)nc2c1. The van der Waals surface area contributed by atoms with Crippen molar-refractivity contribution in [3.05, 3.63) is 88.4 Å². The third-order valence-electron chi connectivity index (χ3n) is 4.87. The van der Waals surface area contributed by atoms with Gasteiger partial charge in [0.2, 0.25) is 0 Å². The van der Waals surface area contributed by atoms with Gasteiger partial charge in [0.05, 0.1) is 28.0 Å². The van der Waals surface area contributed by atoms with Gasteiger partial charge in [0.25, 0.3) is 21.8 Å². The minimum atomic E-state index is -3.84. The van der Waals surface area contributed by atoms with E-state index < -0.39 is 21.8 Å². The Balaban J connectivity index is 1.51. The Morgan fingerprint density at radius 2 is 1.61 bits per heavy atom. The molecule has 0 saturated carbocycles. The second-order valence-electron chi connectivity index (χ2n) is 7.31. The van der Waals surface area contributed by atoms with Crippen LogP contribution in [0.15, 0.2) is 70.3 Å². The number of aryl methyl sites for hydroxylation is 2. The number of fused-ring (bicyclic) bond motifs is 1. The van der Waals surface area contributed by atoms with Crippen LogP contribution < -0.4 is 15.6 Å². The number of pyridine rings is 1. The zero-order valence-electron chi connectivity index (χ0n) is 17.7. The second kappa shape index (κ2) is 9.00. The monoisotopic (exact) mass is 480 g/mol. The number of thiophene rings is 1. The van der Waals surface area contributed by atoms with Gasteiger partial charge in [-0.3, -0.25) is 30.1 Å². The summed E-state index contributed by atoms with van der Waals surface area (Å²) in [4.78, 5) is 29.9. The van der Waals surface area contributed by atoms with Crippen LogP contribution in [0.25, 0.3) is 10.9 Å². The van der Waals surface area contributed by atoms with Gasteiger partial charge in [-0.1, -0.05) is 30.3 Å². The van der Waals surface area contributed by atoms with Crippen LogP contribution in [0.3, 0.4) is 0 Å². The van der Waals surface area contributed by atoms with Gasteiger partial charge >= 0.3 is 0 Å². The smallest absolute Gasteiger partial charge is 0.271 e. The predicted molar refractivity (Wildman–Crippen MR) is 128 cm³/mol. The van der Waals surface area contributed by atoms with Crippen LogP contribution >= 0.6 is 11.3 Å². The number of amides is 2. The molecule has 4 rings (SSSR count). The lowest BCUT2D eigenvalue weighted by atomic mass is 10.1. The number of sulfonamides is 1. The summed E-state index contributed by atoms with van der Waals surface area (Å²) in [7, 11) is -3.84. The summed E-state index contributed by atoms with van der Waals surface area (Å²) < 4.78 is 27.6. The molecule has 33 heavy (non-hydrogen) atoms. The first-order valence-electron chi connectivity index (χ1n) is 9.88. The van der Waals surface area contributed by atoms with Crippen molar-refractivity contribution in [1.29, 1.82) is 0 Å². The number of carbonyl (C=O) groups is 2. The molecule has 0 fully saturated rings. The molecule has 168 valence electrons. The summed E-state index contributed by atoms with van der Waals surface area (Å²) in [5, 5.41) is 2.45. The molecule has 0 radical (unpaired) electrons. The van der Waals surface area contributed by atoms with Crippen molar-refractivity contribution in [2.24, 2.45) is 0 Å². The molecule has 0 atom stereocenters. The Hall–Kier alpha value is -3.76. The van der Waals surface area contributed by atoms with Crippen LogP contribution in [-0.2, 0) is 10.0 Å². The lowest BCUT2D eigenvalue weighted by Crippen LogP contribution is -2.42. The molecule has 0 bridgehead atoms. The maximum Gasteiger partial charge on any atom is 0.271 e. The fraction of sp³-hybridized carbons (Fsp3) is 0.0870. The van der Waals surface area contributed by atoms with Crippen molar-refractivity contribution in [3.8, 4) is 0 Å². The summed E-state index contributed by atoms with van der Waals surface area (Å²) in [5.74, 6) is -1.21. The maximum absolute atomic E-state index is 12.7. The third kappa shape index (κ3) is 4.86. The normalized spacial score (nSPS) is 11.2. The van der Waals surface area contributed by atoms with Gasteiger partial charge in [-0.15, -0.1) is 11.3 Å². The second-order valence-corrected chi connectivity index (χ2v) is 10.2. The number of aromatic nitrogens is 1. The van der Waals surface area contributed by atoms with Crippen molar-refractivity contribution in [1.82, 2.24) is 15.8 Å². The van der Waals surface area contributed by atoms with Gasteiger partial charge in [-0.2, -0.15) is 0 Å². The van der Waals surface area contributed by atoms with Crippen molar-refractivity contribution in [3.63, 3.8) is 0 Å². The Kier molecular flexibility index (Phi) is 6.12. The zero-order valence-corrected chi connectivity index (χ0v) is 19.4. The Morgan fingerprint density at radius 3 is 2.33 bits per heavy atom. The highest BCUT2D eigenvalue weighted by molar-refractivity contribution is 7.94. The first-order chi connectivity index (χ1) is 15.7. The quantitative estimate of drug-likeness (QED) is 0.376. The third-order valence-corrected chi connectivity index (χ3v) is 7.64. The van der Waals surface area contributed by atoms with Crippen LogP contribution in [-0.4, -0.2) is 25.2 Å². The summed E-state index contributed by atoms with van der Waals surface area (Å²) in [5.41, 5.74) is 7.55. The molecule has 0 spiro atoms. The van der Waals surface area contributed by atoms with E-state index in [1.165, 1.54) is 18.2 Å². The van der Waals surface area contributed by atoms with Crippen molar-refractivity contribution < 1.29 is 18.0 Å². The molecule has 0 aliphatic carbocycles. The highest BCUT2D eigenvalue weighted by atomic mass is 32.2. The number of hydrazine groups is 1. The summed E-state index contributed by atoms with van der Waals surface area (Å²) in [6.07, 6.45) is 0. The van der Waals surface area contributed by atoms with Gasteiger partial charge in [-0.05, 0) is 55.1 Å². The largest absolute Gasteiger partial charge is 0.278 e. The number of nitrogens with one attached hydrogen (secondary N) is 3. The van der Waals surface area contributed by atoms with Crippen LogP contribution in [0.2, 0.25) is 0 Å². The average Bonchev–Trinajstić information content (AvgIpc) is 3.33. The molecular weight excluding hydrogens is 460 g/mol. The molecular formula is C23H20N4O4S2. The van der Waals surface area contributed by atoms with E-state index in [0.29, 0.717) is 11.3 Å². The van der Waals surface area contributed by atoms with E-state index in [-0.39, 0.29) is 15.5 Å². The minimum Gasteiger partial charge on any atom is -0.278 e. The fourth-order valence-electron chi connectivity index (χ4n) is 3.23. The van der Waals surface area contributed by atoms with Crippen LogP contribution in [0, 0.1) is 13.8 Å². The van der Waals surface area contributed by atoms with E-state index in [1.54, 1.807) is 36.6 Å². The van der Waals surface area contributed by atoms with E-state index in [9.17, 15) is 18.0 Å². The minimum absolute atomic E-state index is 0.0572. The lowest BCUT2D eigenvalue weighted by Gasteiger charge is -2.13. The molecule has 8 nitrogen and oxygen atoms in total. The van der Waals surface area contributed by atoms with Gasteiger partial charge in [0.15, 0.2) is 0 Å². The Bertz CT molecular complexity index is 1470. The van der Waals surface area contributed by atoms with Crippen LogP contribution in [0.4, 0.5) is 5.69 Å². The Morgan fingerprint density at radius 1 is 0.879 bits per heavy atom. The number of hydrogen-bond donors (Lipinski definition) is 3. The van der Waals surface area contributed by atoms with E-state index >= 15 is 0 Å². The summed E-state index contributed by atoms with van der Waals surface area (Å²) >= 11 is 1.06. The topological polar surface area (TPSA) is 117 Å². The van der Waals surface area contributed by atoms with Crippen molar-refractivity contribution in [2.75, 3.05) is 4.72 Å². The molecule has 4 aromatic rings. The summed E-state index contributed by atoms with van der Waals surface area (Å²) in [6.45, 7) is 3.68. The number of hydrogen-bond acceptors (Lipinski definition) is 6. The Labute approximate surface area is 194 Å². The van der Waals surface area contributed by atoms with Crippen LogP contribution in [0.5, 0.6) is 0 Å². The molecule has 2 heterocycles. The van der Waals surface area contributed by atoms with E-state index in [2.05, 4.69) is 20.6 Å². The molecule has 0 aliphatic heterocycles. The van der Waals surface area contributed by atoms with Crippen molar-refractivity contribution in [2.45, 2.75) is 18.1 Å². The molecule has 0 saturated heterocycles. The number of benzene rings is 2. The van der Waals surface area contributed by atoms with Gasteiger partial charge in [0, 0.05) is 5.39 Å². The number of anilines is 1. The molecule has 10 heteroatoms. The molecule has 2 aromatic heterocycles.